The summed E-state index contributed by atoms with van der Waals surface area (Å²) >= 11 is 13.1. The number of nitrogens with one attached hydrogen (secondary N) is 2. The molecule has 160 valence electrons. The van der Waals surface area contributed by atoms with Gasteiger partial charge in [-0.25, -0.2) is 10.1 Å². The Morgan fingerprint density at radius 1 is 1.26 bits per heavy atom. The fraction of sp³-hybridized carbons (Fsp3) is 0.0588. The van der Waals surface area contributed by atoms with E-state index in [0.29, 0.717) is 21.3 Å². The number of hydrogen-bond acceptors (Lipinski definition) is 9. The van der Waals surface area contributed by atoms with Gasteiger partial charge < -0.3 is 11.2 Å². The molecule has 0 radical (unpaired) electrons. The van der Waals surface area contributed by atoms with Crippen LogP contribution >= 0.6 is 35.0 Å². The average molecular weight is 481 g/mol. The first-order valence-electron chi connectivity index (χ1n) is 8.46. The van der Waals surface area contributed by atoms with Crippen LogP contribution in [0.1, 0.15) is 5.56 Å². The van der Waals surface area contributed by atoms with Crippen molar-refractivity contribution in [3.05, 3.63) is 68.2 Å². The van der Waals surface area contributed by atoms with E-state index < -0.39 is 4.92 Å². The van der Waals surface area contributed by atoms with E-state index in [9.17, 15) is 14.9 Å². The van der Waals surface area contributed by atoms with Gasteiger partial charge >= 0.3 is 0 Å². The SMILES string of the molecule is Nn1c(N/N=C/c2cccc(Cl)c2Cl)nnc1SCC(=O)Nc1ccc([N+](=O)[O-])cc1. The zero-order chi connectivity index (χ0) is 22.4. The van der Waals surface area contributed by atoms with E-state index >= 15 is 0 Å². The molecule has 0 saturated carbocycles. The maximum absolute atomic E-state index is 12.1. The standard InChI is InChI=1S/C17H14Cl2N8O3S/c18-13-3-1-2-10(15(13)19)8-21-23-16-24-25-17(26(16)20)31-9-14(28)22-11-4-6-12(7-5-11)27(29)30/h1-8H,9,20H2,(H,22,28)(H,23,24)/b21-8+. The Bertz CT molecular complexity index is 1140. The van der Waals surface area contributed by atoms with Gasteiger partial charge in [0.05, 0.1) is 26.9 Å². The molecule has 0 saturated heterocycles. The molecule has 2 aromatic carbocycles. The second kappa shape index (κ2) is 10.1. The molecule has 11 nitrogen and oxygen atoms in total. The van der Waals surface area contributed by atoms with Crippen molar-refractivity contribution < 1.29 is 9.72 Å². The maximum Gasteiger partial charge on any atom is 0.269 e. The van der Waals surface area contributed by atoms with Gasteiger partial charge in [0, 0.05) is 23.4 Å². The zero-order valence-corrected chi connectivity index (χ0v) is 17.9. The molecule has 0 aliphatic carbocycles. The lowest BCUT2D eigenvalue weighted by molar-refractivity contribution is -0.384. The Kier molecular flexibility index (Phi) is 7.28. The maximum atomic E-state index is 12.1. The van der Waals surface area contributed by atoms with Crippen LogP contribution in [0.4, 0.5) is 17.3 Å². The molecule has 3 rings (SSSR count). The van der Waals surface area contributed by atoms with Gasteiger partial charge in [-0.05, 0) is 18.2 Å². The number of nitro benzene ring substituents is 1. The third kappa shape index (κ3) is 5.84. The number of hydrazone groups is 1. The fourth-order valence-corrected chi connectivity index (χ4v) is 3.24. The van der Waals surface area contributed by atoms with Crippen LogP contribution < -0.4 is 16.6 Å². The molecule has 0 atom stereocenters. The monoisotopic (exact) mass is 480 g/mol. The number of carbonyl (C=O) groups excluding carboxylic acids is 1. The van der Waals surface area contributed by atoms with Gasteiger partial charge in [0.2, 0.25) is 11.1 Å². The first-order valence-corrected chi connectivity index (χ1v) is 10.2. The molecule has 14 heteroatoms. The summed E-state index contributed by atoms with van der Waals surface area (Å²) in [4.78, 5) is 22.2. The Labute approximate surface area is 189 Å². The lowest BCUT2D eigenvalue weighted by atomic mass is 10.2. The van der Waals surface area contributed by atoms with Crippen molar-refractivity contribution in [1.29, 1.82) is 0 Å². The molecule has 1 amide bonds. The van der Waals surface area contributed by atoms with Crippen molar-refractivity contribution in [2.24, 2.45) is 5.10 Å². The van der Waals surface area contributed by atoms with Crippen molar-refractivity contribution in [1.82, 2.24) is 14.9 Å². The number of hydrogen-bond donors (Lipinski definition) is 3. The largest absolute Gasteiger partial charge is 0.334 e. The zero-order valence-electron chi connectivity index (χ0n) is 15.5. The number of rotatable bonds is 8. The summed E-state index contributed by atoms with van der Waals surface area (Å²) in [6.07, 6.45) is 1.45. The predicted octanol–water partition coefficient (Wildman–Crippen LogP) is 3.38. The number of amides is 1. The van der Waals surface area contributed by atoms with Crippen LogP contribution in [0.3, 0.4) is 0 Å². The summed E-state index contributed by atoms with van der Waals surface area (Å²) in [5.74, 6) is 5.71. The van der Waals surface area contributed by atoms with Crippen molar-refractivity contribution in [2.75, 3.05) is 22.3 Å². The summed E-state index contributed by atoms with van der Waals surface area (Å²) in [6, 6.07) is 10.6. The molecule has 0 bridgehead atoms. The number of nitrogen functional groups attached to an aromatic ring is 1. The lowest BCUT2D eigenvalue weighted by Gasteiger charge is -2.05. The van der Waals surface area contributed by atoms with Crippen LogP contribution in [0.25, 0.3) is 0 Å². The minimum Gasteiger partial charge on any atom is -0.334 e. The van der Waals surface area contributed by atoms with Gasteiger partial charge in [-0.3, -0.25) is 14.9 Å². The molecule has 0 aliphatic rings. The molecule has 0 spiro atoms. The number of carbonyl (C=O) groups is 1. The summed E-state index contributed by atoms with van der Waals surface area (Å²) < 4.78 is 1.14. The smallest absolute Gasteiger partial charge is 0.269 e. The van der Waals surface area contributed by atoms with Crippen molar-refractivity contribution in [3.63, 3.8) is 0 Å². The fourth-order valence-electron chi connectivity index (χ4n) is 2.23. The second-order valence-corrected chi connectivity index (χ2v) is 7.56. The van der Waals surface area contributed by atoms with Gasteiger partial charge in [0.15, 0.2) is 0 Å². The van der Waals surface area contributed by atoms with Gasteiger partial charge in [0.1, 0.15) is 0 Å². The number of nitrogens with two attached hydrogens (primary N) is 1. The molecule has 1 heterocycles. The van der Waals surface area contributed by atoms with E-state index in [0.717, 1.165) is 16.4 Å². The van der Waals surface area contributed by atoms with Crippen molar-refractivity contribution in [3.8, 4) is 0 Å². The summed E-state index contributed by atoms with van der Waals surface area (Å²) in [6.45, 7) is 0. The highest BCUT2D eigenvalue weighted by molar-refractivity contribution is 7.99. The number of thioether (sulfide) groups is 1. The molecule has 31 heavy (non-hydrogen) atoms. The molecule has 4 N–H and O–H groups in total. The normalized spacial score (nSPS) is 10.9. The van der Waals surface area contributed by atoms with E-state index in [4.69, 9.17) is 29.0 Å². The highest BCUT2D eigenvalue weighted by Crippen LogP contribution is 2.24. The highest BCUT2D eigenvalue weighted by atomic mass is 35.5. The molecule has 0 fully saturated rings. The van der Waals surface area contributed by atoms with Crippen LogP contribution in [0.5, 0.6) is 0 Å². The number of aromatic nitrogens is 3. The molecular formula is C17H14Cl2N8O3S. The highest BCUT2D eigenvalue weighted by Gasteiger charge is 2.13. The first-order chi connectivity index (χ1) is 14.8. The van der Waals surface area contributed by atoms with Gasteiger partial charge in [-0.1, -0.05) is 47.1 Å². The van der Waals surface area contributed by atoms with Crippen LogP contribution in [0.15, 0.2) is 52.7 Å². The number of nitro groups is 1. The molecule has 1 aromatic heterocycles. The van der Waals surface area contributed by atoms with Crippen molar-refractivity contribution in [2.45, 2.75) is 5.16 Å². The summed E-state index contributed by atoms with van der Waals surface area (Å²) in [5.41, 5.74) is 3.60. The predicted molar refractivity (Wildman–Crippen MR) is 120 cm³/mol. The van der Waals surface area contributed by atoms with E-state index in [1.807, 2.05) is 0 Å². The number of benzene rings is 2. The minimum absolute atomic E-state index is 0.00624. The molecule has 0 unspecified atom stereocenters. The van der Waals surface area contributed by atoms with E-state index in [2.05, 4.69) is 26.0 Å². The Balaban J connectivity index is 1.54. The van der Waals surface area contributed by atoms with Gasteiger partial charge in [0.25, 0.3) is 11.6 Å². The number of non-ortho nitro benzene ring substituents is 1. The Hall–Kier alpha value is -3.35. The molecule has 0 aliphatic heterocycles. The lowest BCUT2D eigenvalue weighted by Crippen LogP contribution is -2.16. The van der Waals surface area contributed by atoms with Gasteiger partial charge in [-0.2, -0.15) is 5.10 Å². The van der Waals surface area contributed by atoms with E-state index in [1.165, 1.54) is 30.5 Å². The second-order valence-electron chi connectivity index (χ2n) is 5.83. The molecular weight excluding hydrogens is 467 g/mol. The number of nitrogens with zero attached hydrogens (tertiary/aromatic N) is 5. The average Bonchev–Trinajstić information content (AvgIpc) is 3.09. The van der Waals surface area contributed by atoms with E-state index in [-0.39, 0.29) is 28.5 Å². The quantitative estimate of drug-likeness (QED) is 0.146. The molecule has 3 aromatic rings. The number of anilines is 2. The van der Waals surface area contributed by atoms with E-state index in [1.54, 1.807) is 18.2 Å². The van der Waals surface area contributed by atoms with Crippen LogP contribution in [0.2, 0.25) is 10.0 Å². The number of halogens is 2. The van der Waals surface area contributed by atoms with Gasteiger partial charge in [-0.15, -0.1) is 10.2 Å². The summed E-state index contributed by atoms with van der Waals surface area (Å²) in [5, 5.41) is 26.1. The minimum atomic E-state index is -0.519. The first kappa shape index (κ1) is 22.3. The Morgan fingerprint density at radius 2 is 2.00 bits per heavy atom. The third-order valence-corrected chi connectivity index (χ3v) is 5.49. The van der Waals surface area contributed by atoms with Crippen LogP contribution in [-0.4, -0.2) is 37.7 Å². The Morgan fingerprint density at radius 3 is 2.71 bits per heavy atom. The third-order valence-electron chi connectivity index (χ3n) is 3.71. The van der Waals surface area contributed by atoms with Crippen LogP contribution in [-0.2, 0) is 4.79 Å². The van der Waals surface area contributed by atoms with Crippen molar-refractivity contribution >= 4 is 64.4 Å². The summed E-state index contributed by atoms with van der Waals surface area (Å²) in [7, 11) is 0. The van der Waals surface area contributed by atoms with Crippen LogP contribution in [0, 0.1) is 10.1 Å². The topological polar surface area (TPSA) is 153 Å².